The van der Waals surface area contributed by atoms with Crippen molar-refractivity contribution in [3.63, 3.8) is 0 Å². The van der Waals surface area contributed by atoms with Gasteiger partial charge < -0.3 is 9.47 Å². The highest BCUT2D eigenvalue weighted by atomic mass is 32.1. The number of nitrogens with zero attached hydrogens (tertiary/aromatic N) is 1. The van der Waals surface area contributed by atoms with Crippen LogP contribution in [0.1, 0.15) is 53.3 Å². The smallest absolute Gasteiger partial charge is 0.417 e. The van der Waals surface area contributed by atoms with Gasteiger partial charge in [0.25, 0.3) is 5.91 Å². The molecule has 0 radical (unpaired) electrons. The van der Waals surface area contributed by atoms with Gasteiger partial charge >= 0.3 is 12.1 Å². The van der Waals surface area contributed by atoms with Crippen LogP contribution in [0.4, 0.5) is 4.79 Å². The van der Waals surface area contributed by atoms with Gasteiger partial charge in [-0.15, -0.1) is 11.3 Å². The van der Waals surface area contributed by atoms with Crippen molar-refractivity contribution in [2.24, 2.45) is 0 Å². The Labute approximate surface area is 133 Å². The van der Waals surface area contributed by atoms with Crippen LogP contribution in [0, 0.1) is 0 Å². The number of rotatable bonds is 2. The maximum atomic E-state index is 12.4. The molecule has 1 aliphatic rings. The standard InChI is InChI=1S/C15H19NO5S/c1-5-20-13(18)10-8-22-11-9(10)6-7-16(12(11)17)14(19)21-15(2,3)4/h8H,5-7H2,1-4H3. The number of carbonyl (C=O) groups excluding carboxylic acids is 3. The molecule has 2 heterocycles. The lowest BCUT2D eigenvalue weighted by atomic mass is 10.0. The zero-order valence-corrected chi connectivity index (χ0v) is 13.9. The first kappa shape index (κ1) is 16.5. The second-order valence-corrected chi connectivity index (χ2v) is 6.74. The first-order valence-electron chi connectivity index (χ1n) is 7.07. The van der Waals surface area contributed by atoms with E-state index in [2.05, 4.69) is 0 Å². The molecule has 1 aromatic heterocycles. The molecule has 1 aromatic rings. The molecule has 0 bridgehead atoms. The molecule has 22 heavy (non-hydrogen) atoms. The van der Waals surface area contributed by atoms with E-state index in [1.807, 2.05) is 0 Å². The van der Waals surface area contributed by atoms with Gasteiger partial charge in [-0.05, 0) is 39.7 Å². The molecule has 0 saturated carbocycles. The molecule has 7 heteroatoms. The summed E-state index contributed by atoms with van der Waals surface area (Å²) in [5.74, 6) is -0.852. The van der Waals surface area contributed by atoms with E-state index in [4.69, 9.17) is 9.47 Å². The van der Waals surface area contributed by atoms with E-state index in [0.29, 0.717) is 22.4 Å². The third kappa shape index (κ3) is 3.30. The number of amides is 2. The number of fused-ring (bicyclic) bond motifs is 1. The summed E-state index contributed by atoms with van der Waals surface area (Å²) in [6, 6.07) is 0. The molecule has 0 fully saturated rings. The number of hydrogen-bond acceptors (Lipinski definition) is 6. The van der Waals surface area contributed by atoms with Gasteiger partial charge in [-0.3, -0.25) is 4.79 Å². The SMILES string of the molecule is CCOC(=O)c1csc2c1CCN(C(=O)OC(C)(C)C)C2=O. The van der Waals surface area contributed by atoms with E-state index < -0.39 is 23.6 Å². The first-order chi connectivity index (χ1) is 10.2. The number of hydrogen-bond donors (Lipinski definition) is 0. The molecule has 0 spiro atoms. The molecular formula is C15H19NO5S. The summed E-state index contributed by atoms with van der Waals surface area (Å²) >= 11 is 1.15. The monoisotopic (exact) mass is 325 g/mol. The Hall–Kier alpha value is -1.89. The fourth-order valence-corrected chi connectivity index (χ4v) is 3.17. The summed E-state index contributed by atoms with van der Waals surface area (Å²) < 4.78 is 10.2. The predicted molar refractivity (Wildman–Crippen MR) is 81.3 cm³/mol. The molecule has 0 N–H and O–H groups in total. The van der Waals surface area contributed by atoms with Gasteiger partial charge in [0.2, 0.25) is 0 Å². The molecule has 1 aliphatic heterocycles. The van der Waals surface area contributed by atoms with Crippen LogP contribution in [-0.2, 0) is 15.9 Å². The summed E-state index contributed by atoms with van der Waals surface area (Å²) in [5, 5.41) is 1.61. The van der Waals surface area contributed by atoms with E-state index in [1.54, 1.807) is 33.1 Å². The third-order valence-corrected chi connectivity index (χ3v) is 4.04. The van der Waals surface area contributed by atoms with Gasteiger partial charge in [0.1, 0.15) is 5.60 Å². The molecule has 0 saturated heterocycles. The van der Waals surface area contributed by atoms with Crippen molar-refractivity contribution in [2.45, 2.75) is 39.7 Å². The van der Waals surface area contributed by atoms with Crippen molar-refractivity contribution in [3.8, 4) is 0 Å². The number of imide groups is 1. The minimum absolute atomic E-state index is 0.198. The Morgan fingerprint density at radius 1 is 1.36 bits per heavy atom. The van der Waals surface area contributed by atoms with E-state index in [0.717, 1.165) is 16.2 Å². The van der Waals surface area contributed by atoms with Crippen molar-refractivity contribution in [1.82, 2.24) is 4.90 Å². The molecule has 0 aliphatic carbocycles. The lowest BCUT2D eigenvalue weighted by molar-refractivity contribution is 0.0236. The van der Waals surface area contributed by atoms with E-state index in [9.17, 15) is 14.4 Å². The summed E-state index contributed by atoms with van der Waals surface area (Å²) in [4.78, 5) is 37.8. The second kappa shape index (κ2) is 6.08. The van der Waals surface area contributed by atoms with Crippen LogP contribution in [0.3, 0.4) is 0 Å². The Morgan fingerprint density at radius 2 is 2.05 bits per heavy atom. The zero-order chi connectivity index (χ0) is 16.5. The van der Waals surface area contributed by atoms with Crippen LogP contribution in [0.25, 0.3) is 0 Å². The van der Waals surface area contributed by atoms with Crippen LogP contribution < -0.4 is 0 Å². The largest absolute Gasteiger partial charge is 0.462 e. The molecule has 2 rings (SSSR count). The maximum absolute atomic E-state index is 12.4. The fourth-order valence-electron chi connectivity index (χ4n) is 2.13. The van der Waals surface area contributed by atoms with Gasteiger partial charge in [0.15, 0.2) is 0 Å². The summed E-state index contributed by atoms with van der Waals surface area (Å²) in [6.45, 7) is 7.44. The Kier molecular flexibility index (Phi) is 4.55. The number of ether oxygens (including phenoxy) is 2. The van der Waals surface area contributed by atoms with Gasteiger partial charge in [-0.2, -0.15) is 0 Å². The third-order valence-electron chi connectivity index (χ3n) is 3.03. The number of carbonyl (C=O) groups is 3. The predicted octanol–water partition coefficient (Wildman–Crippen LogP) is 2.86. The lowest BCUT2D eigenvalue weighted by Crippen LogP contribution is -2.44. The molecule has 120 valence electrons. The van der Waals surface area contributed by atoms with Crippen molar-refractivity contribution >= 4 is 29.3 Å². The molecule has 2 amide bonds. The highest BCUT2D eigenvalue weighted by Crippen LogP contribution is 2.30. The molecule has 0 unspecified atom stereocenters. The van der Waals surface area contributed by atoms with Gasteiger partial charge in [0, 0.05) is 11.9 Å². The van der Waals surface area contributed by atoms with Gasteiger partial charge in [-0.25, -0.2) is 14.5 Å². The molecule has 6 nitrogen and oxygen atoms in total. The van der Waals surface area contributed by atoms with E-state index >= 15 is 0 Å². The van der Waals surface area contributed by atoms with Crippen molar-refractivity contribution in [2.75, 3.05) is 13.2 Å². The Balaban J connectivity index is 2.21. The normalized spacial score (nSPS) is 14.5. The number of esters is 1. The molecule has 0 aromatic carbocycles. The quantitative estimate of drug-likeness (QED) is 0.782. The topological polar surface area (TPSA) is 72.9 Å². The Morgan fingerprint density at radius 3 is 2.64 bits per heavy atom. The van der Waals surface area contributed by atoms with Gasteiger partial charge in [-0.1, -0.05) is 0 Å². The average Bonchev–Trinajstić information content (AvgIpc) is 2.82. The van der Waals surface area contributed by atoms with Crippen LogP contribution in [-0.4, -0.2) is 41.6 Å². The van der Waals surface area contributed by atoms with Crippen LogP contribution in [0.5, 0.6) is 0 Å². The van der Waals surface area contributed by atoms with E-state index in [1.165, 1.54) is 0 Å². The maximum Gasteiger partial charge on any atom is 0.417 e. The minimum Gasteiger partial charge on any atom is -0.462 e. The van der Waals surface area contributed by atoms with Crippen LogP contribution in [0.15, 0.2) is 5.38 Å². The highest BCUT2D eigenvalue weighted by Gasteiger charge is 2.35. The minimum atomic E-state index is -0.664. The van der Waals surface area contributed by atoms with Crippen LogP contribution in [0.2, 0.25) is 0 Å². The average molecular weight is 325 g/mol. The molecular weight excluding hydrogens is 306 g/mol. The van der Waals surface area contributed by atoms with Crippen molar-refractivity contribution in [1.29, 1.82) is 0 Å². The van der Waals surface area contributed by atoms with Gasteiger partial charge in [0.05, 0.1) is 17.0 Å². The van der Waals surface area contributed by atoms with Crippen molar-refractivity contribution < 1.29 is 23.9 Å². The fraction of sp³-hybridized carbons (Fsp3) is 0.533. The highest BCUT2D eigenvalue weighted by molar-refractivity contribution is 7.12. The Bertz CT molecular complexity index is 614. The zero-order valence-electron chi connectivity index (χ0n) is 13.1. The summed E-state index contributed by atoms with van der Waals surface area (Å²) in [7, 11) is 0. The lowest BCUT2D eigenvalue weighted by Gasteiger charge is -2.28. The first-order valence-corrected chi connectivity index (χ1v) is 7.95. The van der Waals surface area contributed by atoms with Crippen molar-refractivity contribution in [3.05, 3.63) is 21.4 Å². The number of thiophene rings is 1. The molecule has 0 atom stereocenters. The van der Waals surface area contributed by atoms with E-state index in [-0.39, 0.29) is 13.2 Å². The second-order valence-electron chi connectivity index (χ2n) is 5.86. The summed E-state index contributed by atoms with van der Waals surface area (Å²) in [6.07, 6.45) is -0.230. The van der Waals surface area contributed by atoms with Crippen LogP contribution >= 0.6 is 11.3 Å². The summed E-state index contributed by atoms with van der Waals surface area (Å²) in [5.41, 5.74) is 0.413.